The van der Waals surface area contributed by atoms with Crippen LogP contribution in [-0.4, -0.2) is 4.87 Å². The third kappa shape index (κ3) is 5.12. The Bertz CT molecular complexity index is 93.9. The van der Waals surface area contributed by atoms with E-state index in [1.165, 1.54) is 0 Å². The van der Waals surface area contributed by atoms with Crippen molar-refractivity contribution in [2.45, 2.75) is 39.0 Å². The average molecular weight is 161 g/mol. The van der Waals surface area contributed by atoms with Gasteiger partial charge in [-0.05, 0) is 25.2 Å². The Labute approximate surface area is 69.8 Å². The fourth-order valence-corrected chi connectivity index (χ4v) is 1.18. The van der Waals surface area contributed by atoms with E-state index in [1.54, 1.807) is 0 Å². The van der Waals surface area contributed by atoms with Gasteiger partial charge in [0.15, 0.2) is 0 Å². The Morgan fingerprint density at radius 1 is 1.40 bits per heavy atom. The number of hydrogen-bond acceptors (Lipinski definition) is 2. The quantitative estimate of drug-likeness (QED) is 0.482. The maximum Gasteiger partial charge on any atom is 0.0564 e. The lowest BCUT2D eigenvalue weighted by atomic mass is 9.92. The molecule has 1 nitrogen and oxygen atoms in total. The van der Waals surface area contributed by atoms with Gasteiger partial charge < -0.3 is 5.73 Å². The summed E-state index contributed by atoms with van der Waals surface area (Å²) in [6.45, 7) is 8.59. The predicted molar refractivity (Wildman–Crippen MR) is 50.2 cm³/mol. The Morgan fingerprint density at radius 2 is 1.80 bits per heavy atom. The molecule has 0 aromatic rings. The molecular formula is C8H19NS. The van der Waals surface area contributed by atoms with E-state index in [0.29, 0.717) is 11.8 Å². The van der Waals surface area contributed by atoms with E-state index in [2.05, 4.69) is 33.4 Å². The normalized spacial score (nSPS) is 20.7. The summed E-state index contributed by atoms with van der Waals surface area (Å²) in [5.74, 6) is 1.36. The number of thiol groups is 1. The van der Waals surface area contributed by atoms with Crippen LogP contribution in [0.1, 0.15) is 34.1 Å². The molecule has 2 atom stereocenters. The van der Waals surface area contributed by atoms with Gasteiger partial charge in [0.1, 0.15) is 0 Å². The van der Waals surface area contributed by atoms with Crippen LogP contribution in [-0.2, 0) is 0 Å². The minimum absolute atomic E-state index is 0.302. The molecule has 0 spiro atoms. The summed E-state index contributed by atoms with van der Waals surface area (Å²) in [6, 6.07) is 0. The zero-order chi connectivity index (χ0) is 8.36. The number of hydrogen-bond donors (Lipinski definition) is 2. The van der Waals surface area contributed by atoms with Gasteiger partial charge >= 0.3 is 0 Å². The highest BCUT2D eigenvalue weighted by atomic mass is 32.1. The first kappa shape index (κ1) is 10.3. The highest BCUT2D eigenvalue weighted by Crippen LogP contribution is 2.22. The maximum atomic E-state index is 5.74. The van der Waals surface area contributed by atoms with E-state index < -0.39 is 0 Å². The Kier molecular flexibility index (Phi) is 3.74. The van der Waals surface area contributed by atoms with Crippen molar-refractivity contribution in [1.29, 1.82) is 0 Å². The van der Waals surface area contributed by atoms with E-state index >= 15 is 0 Å². The fraction of sp³-hybridized carbons (Fsp3) is 1.00. The van der Waals surface area contributed by atoms with Gasteiger partial charge in [0.2, 0.25) is 0 Å². The third-order valence-corrected chi connectivity index (χ3v) is 2.06. The lowest BCUT2D eigenvalue weighted by Gasteiger charge is -2.24. The maximum absolute atomic E-state index is 5.74. The molecule has 2 N–H and O–H groups in total. The van der Waals surface area contributed by atoms with Gasteiger partial charge in [0.05, 0.1) is 4.87 Å². The van der Waals surface area contributed by atoms with Gasteiger partial charge in [0.25, 0.3) is 0 Å². The molecule has 0 amide bonds. The van der Waals surface area contributed by atoms with Crippen molar-refractivity contribution in [2.24, 2.45) is 17.6 Å². The molecule has 0 saturated carbocycles. The van der Waals surface area contributed by atoms with Crippen LogP contribution in [0.2, 0.25) is 0 Å². The molecular weight excluding hydrogens is 142 g/mol. The second kappa shape index (κ2) is 3.63. The predicted octanol–water partition coefficient (Wildman–Crippen LogP) is 2.27. The van der Waals surface area contributed by atoms with Crippen molar-refractivity contribution >= 4 is 12.6 Å². The molecule has 0 heterocycles. The number of rotatable bonds is 3. The first-order chi connectivity index (χ1) is 4.33. The Morgan fingerprint density at radius 3 is 1.90 bits per heavy atom. The molecule has 0 aliphatic carbocycles. The first-order valence-corrected chi connectivity index (χ1v) is 4.29. The molecule has 1 unspecified atom stereocenters. The SMILES string of the molecule is CC(C)[C@H](C)CC(C)(N)S. The van der Waals surface area contributed by atoms with Gasteiger partial charge in [-0.1, -0.05) is 20.8 Å². The topological polar surface area (TPSA) is 26.0 Å². The van der Waals surface area contributed by atoms with E-state index in [-0.39, 0.29) is 4.87 Å². The van der Waals surface area contributed by atoms with Crippen LogP contribution >= 0.6 is 12.6 Å². The third-order valence-electron chi connectivity index (χ3n) is 1.87. The summed E-state index contributed by atoms with van der Waals surface area (Å²) in [5, 5.41) is 0. The number of nitrogens with two attached hydrogens (primary N) is 1. The first-order valence-electron chi connectivity index (χ1n) is 3.84. The Balaban J connectivity index is 3.68. The zero-order valence-corrected chi connectivity index (χ0v) is 8.28. The van der Waals surface area contributed by atoms with Gasteiger partial charge in [-0.3, -0.25) is 0 Å². The van der Waals surface area contributed by atoms with Gasteiger partial charge in [-0.2, -0.15) is 12.6 Å². The summed E-state index contributed by atoms with van der Waals surface area (Å²) in [5.41, 5.74) is 5.74. The van der Waals surface area contributed by atoms with Gasteiger partial charge in [0, 0.05) is 0 Å². The molecule has 0 aliphatic heterocycles. The average Bonchev–Trinajstić information content (AvgIpc) is 1.60. The molecule has 62 valence electrons. The van der Waals surface area contributed by atoms with E-state index in [0.717, 1.165) is 6.42 Å². The van der Waals surface area contributed by atoms with Crippen LogP contribution in [0.4, 0.5) is 0 Å². The van der Waals surface area contributed by atoms with Crippen LogP contribution < -0.4 is 5.73 Å². The van der Waals surface area contributed by atoms with E-state index in [9.17, 15) is 0 Å². The van der Waals surface area contributed by atoms with Crippen LogP contribution in [0, 0.1) is 11.8 Å². The summed E-state index contributed by atoms with van der Waals surface area (Å²) < 4.78 is 0. The highest BCUT2D eigenvalue weighted by molar-refractivity contribution is 7.81. The molecule has 0 rings (SSSR count). The molecule has 0 fully saturated rings. The van der Waals surface area contributed by atoms with Crippen molar-refractivity contribution in [2.75, 3.05) is 0 Å². The van der Waals surface area contributed by atoms with Crippen LogP contribution in [0.25, 0.3) is 0 Å². The molecule has 0 bridgehead atoms. The molecule has 2 heteroatoms. The van der Waals surface area contributed by atoms with Crippen LogP contribution in [0.15, 0.2) is 0 Å². The van der Waals surface area contributed by atoms with E-state index in [1.807, 2.05) is 6.92 Å². The summed E-state index contributed by atoms with van der Waals surface area (Å²) >= 11 is 4.27. The Hall–Kier alpha value is 0.310. The van der Waals surface area contributed by atoms with Crippen LogP contribution in [0.5, 0.6) is 0 Å². The smallest absolute Gasteiger partial charge is 0.0564 e. The monoisotopic (exact) mass is 161 g/mol. The zero-order valence-electron chi connectivity index (χ0n) is 7.39. The summed E-state index contributed by atoms with van der Waals surface area (Å²) in [4.78, 5) is -0.302. The second-order valence-electron chi connectivity index (χ2n) is 3.78. The van der Waals surface area contributed by atoms with Crippen molar-refractivity contribution in [3.63, 3.8) is 0 Å². The molecule has 10 heavy (non-hydrogen) atoms. The van der Waals surface area contributed by atoms with E-state index in [4.69, 9.17) is 5.73 Å². The minimum atomic E-state index is -0.302. The van der Waals surface area contributed by atoms with Crippen molar-refractivity contribution < 1.29 is 0 Å². The lowest BCUT2D eigenvalue weighted by Crippen LogP contribution is -2.32. The van der Waals surface area contributed by atoms with Gasteiger partial charge in [-0.15, -0.1) is 0 Å². The molecule has 0 aromatic heterocycles. The highest BCUT2D eigenvalue weighted by Gasteiger charge is 2.18. The van der Waals surface area contributed by atoms with Crippen molar-refractivity contribution in [3.05, 3.63) is 0 Å². The van der Waals surface area contributed by atoms with Crippen molar-refractivity contribution in [1.82, 2.24) is 0 Å². The van der Waals surface area contributed by atoms with Crippen LogP contribution in [0.3, 0.4) is 0 Å². The van der Waals surface area contributed by atoms with Gasteiger partial charge in [-0.25, -0.2) is 0 Å². The fourth-order valence-electron chi connectivity index (χ4n) is 0.888. The molecule has 0 aromatic carbocycles. The molecule has 0 radical (unpaired) electrons. The largest absolute Gasteiger partial charge is 0.317 e. The minimum Gasteiger partial charge on any atom is -0.317 e. The second-order valence-corrected chi connectivity index (χ2v) is 4.80. The summed E-state index contributed by atoms with van der Waals surface area (Å²) in [6.07, 6.45) is 0.980. The molecule has 0 aliphatic rings. The summed E-state index contributed by atoms with van der Waals surface area (Å²) in [7, 11) is 0. The lowest BCUT2D eigenvalue weighted by molar-refractivity contribution is 0.356. The van der Waals surface area contributed by atoms with Crippen molar-refractivity contribution in [3.8, 4) is 0 Å². The molecule has 0 saturated heterocycles. The standard InChI is InChI=1S/C8H19NS/c1-6(2)7(3)5-8(4,9)10/h6-7,10H,5,9H2,1-4H3/t7-,8?/m1/s1.